The first-order valence-corrected chi connectivity index (χ1v) is 6.65. The molecule has 2 N–H and O–H groups in total. The van der Waals surface area contributed by atoms with Crippen LogP contribution in [0.15, 0.2) is 35.4 Å². The van der Waals surface area contributed by atoms with E-state index in [2.05, 4.69) is 5.32 Å². The van der Waals surface area contributed by atoms with Gasteiger partial charge in [-0.3, -0.25) is 4.79 Å². The number of aliphatic carboxylic acids is 1. The quantitative estimate of drug-likeness (QED) is 0.821. The van der Waals surface area contributed by atoms with Crippen LogP contribution in [0.2, 0.25) is 5.02 Å². The molecule has 0 aromatic heterocycles. The molecule has 0 aliphatic carbocycles. The van der Waals surface area contributed by atoms with Gasteiger partial charge in [0.2, 0.25) is 5.91 Å². The number of halogens is 1. The summed E-state index contributed by atoms with van der Waals surface area (Å²) >= 11 is 5.81. The van der Waals surface area contributed by atoms with Crippen LogP contribution in [-0.4, -0.2) is 23.0 Å². The standard InChI is InChI=1S/C15H18ClNO3/c1-9(8-12-4-6-13(16)7-5-12)17-14(18)10(2)11(3)15(19)20/h4-7,9H,8H2,1-3H3,(H,17,18)(H,19,20). The molecule has 0 spiro atoms. The van der Waals surface area contributed by atoms with Gasteiger partial charge in [0, 0.05) is 22.2 Å². The number of rotatable bonds is 5. The van der Waals surface area contributed by atoms with Crippen molar-refractivity contribution in [2.75, 3.05) is 0 Å². The maximum Gasteiger partial charge on any atom is 0.331 e. The van der Waals surface area contributed by atoms with E-state index in [-0.39, 0.29) is 23.1 Å². The van der Waals surface area contributed by atoms with Gasteiger partial charge in [0.05, 0.1) is 0 Å². The predicted molar refractivity (Wildman–Crippen MR) is 78.8 cm³/mol. The van der Waals surface area contributed by atoms with Crippen molar-refractivity contribution >= 4 is 23.5 Å². The van der Waals surface area contributed by atoms with E-state index in [0.717, 1.165) is 5.56 Å². The maximum atomic E-state index is 11.9. The summed E-state index contributed by atoms with van der Waals surface area (Å²) in [6, 6.07) is 7.29. The van der Waals surface area contributed by atoms with Crippen LogP contribution in [0.1, 0.15) is 26.3 Å². The molecular formula is C15H18ClNO3. The number of carbonyl (C=O) groups is 2. The Kier molecular flexibility index (Phi) is 5.77. The lowest BCUT2D eigenvalue weighted by Crippen LogP contribution is -2.35. The van der Waals surface area contributed by atoms with Gasteiger partial charge in [-0.25, -0.2) is 4.79 Å². The first kappa shape index (κ1) is 16.2. The molecule has 5 heteroatoms. The lowest BCUT2D eigenvalue weighted by Gasteiger charge is -2.15. The van der Waals surface area contributed by atoms with E-state index in [1.165, 1.54) is 13.8 Å². The Morgan fingerprint density at radius 1 is 1.20 bits per heavy atom. The summed E-state index contributed by atoms with van der Waals surface area (Å²) in [5, 5.41) is 12.3. The van der Waals surface area contributed by atoms with Crippen LogP contribution in [0.4, 0.5) is 0 Å². The number of hydrogen-bond donors (Lipinski definition) is 2. The average molecular weight is 296 g/mol. The first-order chi connectivity index (χ1) is 9.31. The average Bonchev–Trinajstić information content (AvgIpc) is 2.39. The van der Waals surface area contributed by atoms with E-state index in [0.29, 0.717) is 11.4 Å². The molecule has 0 heterocycles. The van der Waals surface area contributed by atoms with Gasteiger partial charge in [-0.05, 0) is 44.9 Å². The minimum absolute atomic E-state index is 0.0567. The molecule has 0 aliphatic heterocycles. The van der Waals surface area contributed by atoms with E-state index >= 15 is 0 Å². The largest absolute Gasteiger partial charge is 0.478 e. The minimum atomic E-state index is -1.08. The molecule has 1 atom stereocenters. The van der Waals surface area contributed by atoms with E-state index in [1.807, 2.05) is 19.1 Å². The summed E-state index contributed by atoms with van der Waals surface area (Å²) in [6.07, 6.45) is 0.655. The molecule has 0 saturated carbocycles. The Labute approximate surface area is 123 Å². The smallest absolute Gasteiger partial charge is 0.331 e. The molecule has 20 heavy (non-hydrogen) atoms. The van der Waals surface area contributed by atoms with Gasteiger partial charge in [-0.1, -0.05) is 23.7 Å². The third-order valence-corrected chi connectivity index (χ3v) is 3.31. The number of carboxylic acid groups (broad SMARTS) is 1. The highest BCUT2D eigenvalue weighted by Crippen LogP contribution is 2.11. The van der Waals surface area contributed by atoms with Crippen molar-refractivity contribution < 1.29 is 14.7 Å². The number of hydrogen-bond acceptors (Lipinski definition) is 2. The van der Waals surface area contributed by atoms with E-state index in [9.17, 15) is 9.59 Å². The van der Waals surface area contributed by atoms with E-state index in [1.54, 1.807) is 12.1 Å². The Morgan fingerprint density at radius 2 is 1.75 bits per heavy atom. The number of carboxylic acids is 1. The minimum Gasteiger partial charge on any atom is -0.478 e. The SMILES string of the molecule is CC(C(=O)O)=C(C)C(=O)NC(C)Cc1ccc(Cl)cc1. The van der Waals surface area contributed by atoms with Crippen LogP contribution < -0.4 is 5.32 Å². The van der Waals surface area contributed by atoms with Crippen molar-refractivity contribution in [3.8, 4) is 0 Å². The molecule has 0 saturated heterocycles. The van der Waals surface area contributed by atoms with Crippen molar-refractivity contribution in [1.82, 2.24) is 5.32 Å². The predicted octanol–water partition coefficient (Wildman–Crippen LogP) is 2.81. The lowest BCUT2D eigenvalue weighted by molar-refractivity contribution is -0.133. The zero-order valence-corrected chi connectivity index (χ0v) is 12.5. The highest BCUT2D eigenvalue weighted by Gasteiger charge is 2.14. The molecule has 0 bridgehead atoms. The Morgan fingerprint density at radius 3 is 2.25 bits per heavy atom. The highest BCUT2D eigenvalue weighted by molar-refractivity contribution is 6.30. The monoisotopic (exact) mass is 295 g/mol. The zero-order chi connectivity index (χ0) is 15.3. The maximum absolute atomic E-state index is 11.9. The van der Waals surface area contributed by atoms with Crippen LogP contribution in [0.3, 0.4) is 0 Å². The van der Waals surface area contributed by atoms with Crippen molar-refractivity contribution in [2.45, 2.75) is 33.2 Å². The summed E-state index contributed by atoms with van der Waals surface area (Å²) in [7, 11) is 0. The van der Waals surface area contributed by atoms with E-state index < -0.39 is 5.97 Å². The first-order valence-electron chi connectivity index (χ1n) is 6.27. The lowest BCUT2D eigenvalue weighted by atomic mass is 10.1. The van der Waals surface area contributed by atoms with Crippen molar-refractivity contribution in [2.24, 2.45) is 0 Å². The fourth-order valence-corrected chi connectivity index (χ4v) is 1.81. The van der Waals surface area contributed by atoms with Crippen LogP contribution >= 0.6 is 11.6 Å². The number of nitrogens with one attached hydrogen (secondary N) is 1. The molecule has 4 nitrogen and oxygen atoms in total. The second-order valence-corrected chi connectivity index (χ2v) is 5.20. The van der Waals surface area contributed by atoms with Gasteiger partial charge in [0.1, 0.15) is 0 Å². The summed E-state index contributed by atoms with van der Waals surface area (Å²) in [6.45, 7) is 4.80. The van der Waals surface area contributed by atoms with Gasteiger partial charge >= 0.3 is 5.97 Å². The fraction of sp³-hybridized carbons (Fsp3) is 0.333. The van der Waals surface area contributed by atoms with E-state index in [4.69, 9.17) is 16.7 Å². The summed E-state index contributed by atoms with van der Waals surface area (Å²) in [5.41, 5.74) is 1.33. The summed E-state index contributed by atoms with van der Waals surface area (Å²) in [5.74, 6) is -1.44. The number of benzene rings is 1. The zero-order valence-electron chi connectivity index (χ0n) is 11.7. The molecule has 0 aliphatic rings. The van der Waals surface area contributed by atoms with Gasteiger partial charge in [0.15, 0.2) is 0 Å². The number of carbonyl (C=O) groups excluding carboxylic acids is 1. The second-order valence-electron chi connectivity index (χ2n) is 4.76. The van der Waals surface area contributed by atoms with Gasteiger partial charge in [0.25, 0.3) is 0 Å². The molecule has 1 unspecified atom stereocenters. The highest BCUT2D eigenvalue weighted by atomic mass is 35.5. The Balaban J connectivity index is 2.64. The Bertz CT molecular complexity index is 535. The third kappa shape index (κ3) is 4.70. The molecular weight excluding hydrogens is 278 g/mol. The molecule has 0 radical (unpaired) electrons. The third-order valence-electron chi connectivity index (χ3n) is 3.06. The van der Waals surface area contributed by atoms with Gasteiger partial charge in [-0.2, -0.15) is 0 Å². The molecule has 1 amide bonds. The van der Waals surface area contributed by atoms with Gasteiger partial charge < -0.3 is 10.4 Å². The summed E-state index contributed by atoms with van der Waals surface area (Å²) in [4.78, 5) is 22.7. The molecule has 108 valence electrons. The second kappa shape index (κ2) is 7.10. The van der Waals surface area contributed by atoms with Gasteiger partial charge in [-0.15, -0.1) is 0 Å². The summed E-state index contributed by atoms with van der Waals surface area (Å²) < 4.78 is 0. The Hall–Kier alpha value is -1.81. The topological polar surface area (TPSA) is 66.4 Å². The normalized spacial score (nSPS) is 13.4. The van der Waals surface area contributed by atoms with Crippen LogP contribution in [-0.2, 0) is 16.0 Å². The fourth-order valence-electron chi connectivity index (χ4n) is 1.69. The molecule has 1 aromatic carbocycles. The molecule has 1 rings (SSSR count). The number of amides is 1. The van der Waals surface area contributed by atoms with Crippen LogP contribution in [0.5, 0.6) is 0 Å². The molecule has 1 aromatic rings. The van der Waals surface area contributed by atoms with Crippen molar-refractivity contribution in [3.63, 3.8) is 0 Å². The van der Waals surface area contributed by atoms with Crippen LogP contribution in [0, 0.1) is 0 Å². The molecule has 0 fully saturated rings. The van der Waals surface area contributed by atoms with Crippen LogP contribution in [0.25, 0.3) is 0 Å². The van der Waals surface area contributed by atoms with Crippen molar-refractivity contribution in [1.29, 1.82) is 0 Å². The van der Waals surface area contributed by atoms with Crippen molar-refractivity contribution in [3.05, 3.63) is 46.0 Å².